The molecule has 11 heteroatoms. The molecule has 0 aliphatic carbocycles. The van der Waals surface area contributed by atoms with Crippen LogP contribution in [0.15, 0.2) is 29.5 Å². The van der Waals surface area contributed by atoms with Crippen molar-refractivity contribution >= 4 is 16.0 Å². The summed E-state index contributed by atoms with van der Waals surface area (Å²) in [5, 5.41) is 6.39. The van der Waals surface area contributed by atoms with Gasteiger partial charge >= 0.3 is 15.5 Å². The number of alkyl halides is 3. The summed E-state index contributed by atoms with van der Waals surface area (Å²) in [7, 11) is -5.27. The van der Waals surface area contributed by atoms with Gasteiger partial charge in [-0.15, -0.1) is 0 Å². The van der Waals surface area contributed by atoms with Gasteiger partial charge in [0.05, 0.1) is 0 Å². The average Bonchev–Trinajstić information content (AvgIpc) is 2.68. The largest absolute Gasteiger partial charge is 0.511 e. The highest BCUT2D eigenvalue weighted by atomic mass is 32.2. The maximum atomic E-state index is 12.7. The van der Waals surface area contributed by atoms with Crippen LogP contribution in [-0.4, -0.2) is 61.4 Å². The van der Waals surface area contributed by atoms with Crippen molar-refractivity contribution in [2.45, 2.75) is 51.1 Å². The van der Waals surface area contributed by atoms with Crippen molar-refractivity contribution in [2.75, 3.05) is 26.2 Å². The molecule has 0 bridgehead atoms. The zero-order valence-corrected chi connectivity index (χ0v) is 18.3. The zero-order valence-electron chi connectivity index (χ0n) is 17.5. The van der Waals surface area contributed by atoms with Crippen LogP contribution in [0.2, 0.25) is 0 Å². The molecule has 0 saturated carbocycles. The minimum Gasteiger partial charge on any atom is -0.357 e. The fourth-order valence-electron chi connectivity index (χ4n) is 3.39. The average molecular weight is 450 g/mol. The third-order valence-electron chi connectivity index (χ3n) is 5.13. The molecule has 1 saturated heterocycles. The van der Waals surface area contributed by atoms with Gasteiger partial charge in [0.1, 0.15) is 0 Å². The Kier molecular flexibility index (Phi) is 8.48. The number of rotatable bonds is 7. The SMILES string of the molecule is CCNC(=NCC(c1cccnc1)C(C)C)NC1CCN(S(=O)(=O)C(F)(F)F)CC1. The minimum absolute atomic E-state index is 0.154. The predicted octanol–water partition coefficient (Wildman–Crippen LogP) is 2.69. The molecule has 1 atom stereocenters. The van der Waals surface area contributed by atoms with E-state index in [1.165, 1.54) is 0 Å². The van der Waals surface area contributed by atoms with Crippen LogP contribution in [0.3, 0.4) is 0 Å². The van der Waals surface area contributed by atoms with Crippen LogP contribution in [0, 0.1) is 5.92 Å². The summed E-state index contributed by atoms with van der Waals surface area (Å²) in [5.74, 6) is 1.09. The Morgan fingerprint density at radius 1 is 1.33 bits per heavy atom. The van der Waals surface area contributed by atoms with E-state index in [1.54, 1.807) is 6.20 Å². The van der Waals surface area contributed by atoms with Gasteiger partial charge in [-0.1, -0.05) is 19.9 Å². The lowest BCUT2D eigenvalue weighted by molar-refractivity contribution is -0.0494. The standard InChI is InChI=1S/C19H30F3N5O2S/c1-4-24-18(25-13-17(14(2)3)15-6-5-9-23-12-15)26-16-7-10-27(11-8-16)30(28,29)19(20,21)22/h5-6,9,12,14,16-17H,4,7-8,10-11,13H2,1-3H3,(H2,24,25,26). The topological polar surface area (TPSA) is 86.7 Å². The Labute approximate surface area is 176 Å². The first-order valence-electron chi connectivity index (χ1n) is 10.1. The van der Waals surface area contributed by atoms with Gasteiger partial charge in [-0.3, -0.25) is 9.98 Å². The number of nitrogens with one attached hydrogen (secondary N) is 2. The van der Waals surface area contributed by atoms with E-state index in [9.17, 15) is 21.6 Å². The third kappa shape index (κ3) is 6.31. The quantitative estimate of drug-likeness (QED) is 0.494. The lowest BCUT2D eigenvalue weighted by Crippen LogP contribution is -2.51. The van der Waals surface area contributed by atoms with Gasteiger partial charge in [0.15, 0.2) is 5.96 Å². The Morgan fingerprint density at radius 3 is 2.50 bits per heavy atom. The summed E-state index contributed by atoms with van der Waals surface area (Å²) in [6, 6.07) is 3.75. The molecule has 170 valence electrons. The number of guanidine groups is 1. The highest BCUT2D eigenvalue weighted by Crippen LogP contribution is 2.29. The van der Waals surface area contributed by atoms with Gasteiger partial charge < -0.3 is 10.6 Å². The second-order valence-corrected chi connectivity index (χ2v) is 9.55. The van der Waals surface area contributed by atoms with Gasteiger partial charge in [-0.25, -0.2) is 8.42 Å². The Balaban J connectivity index is 2.01. The van der Waals surface area contributed by atoms with Gasteiger partial charge in [-0.05, 0) is 37.3 Å². The molecule has 0 aromatic carbocycles. The van der Waals surface area contributed by atoms with E-state index in [2.05, 4.69) is 34.5 Å². The van der Waals surface area contributed by atoms with E-state index >= 15 is 0 Å². The second kappa shape index (κ2) is 10.4. The van der Waals surface area contributed by atoms with Gasteiger partial charge in [0.2, 0.25) is 0 Å². The fraction of sp³-hybridized carbons (Fsp3) is 0.684. The van der Waals surface area contributed by atoms with Crippen molar-refractivity contribution in [3.8, 4) is 0 Å². The summed E-state index contributed by atoms with van der Waals surface area (Å²) in [6.07, 6.45) is 4.10. The monoisotopic (exact) mass is 449 g/mol. The molecule has 1 fully saturated rings. The first kappa shape index (κ1) is 24.4. The number of aliphatic imine (C=N–C) groups is 1. The van der Waals surface area contributed by atoms with Gasteiger partial charge in [0, 0.05) is 50.5 Å². The molecule has 1 aromatic rings. The Bertz CT molecular complexity index is 792. The molecule has 1 aliphatic heterocycles. The Hall–Kier alpha value is -1.88. The van der Waals surface area contributed by atoms with Crippen LogP contribution in [0.5, 0.6) is 0 Å². The number of pyridine rings is 1. The molecule has 0 spiro atoms. The van der Waals surface area contributed by atoms with Crippen LogP contribution in [-0.2, 0) is 10.0 Å². The van der Waals surface area contributed by atoms with E-state index in [0.29, 0.717) is 29.3 Å². The molecule has 0 radical (unpaired) electrons. The van der Waals surface area contributed by atoms with Gasteiger partial charge in [-0.2, -0.15) is 17.5 Å². The van der Waals surface area contributed by atoms with Crippen molar-refractivity contribution in [3.05, 3.63) is 30.1 Å². The minimum atomic E-state index is -5.27. The number of sulfonamides is 1. The lowest BCUT2D eigenvalue weighted by atomic mass is 9.89. The van der Waals surface area contributed by atoms with Crippen LogP contribution in [0.1, 0.15) is 45.1 Å². The lowest BCUT2D eigenvalue weighted by Gasteiger charge is -2.32. The van der Waals surface area contributed by atoms with Crippen molar-refractivity contribution in [2.24, 2.45) is 10.9 Å². The van der Waals surface area contributed by atoms with Crippen LogP contribution in [0.25, 0.3) is 0 Å². The molecule has 2 rings (SSSR count). The highest BCUT2D eigenvalue weighted by Gasteiger charge is 2.50. The van der Waals surface area contributed by atoms with Crippen molar-refractivity contribution in [3.63, 3.8) is 0 Å². The summed E-state index contributed by atoms with van der Waals surface area (Å²) in [6.45, 7) is 6.96. The van der Waals surface area contributed by atoms with Crippen molar-refractivity contribution < 1.29 is 21.6 Å². The van der Waals surface area contributed by atoms with E-state index in [0.717, 1.165) is 5.56 Å². The van der Waals surface area contributed by atoms with Crippen LogP contribution < -0.4 is 10.6 Å². The molecule has 1 aliphatic rings. The maximum Gasteiger partial charge on any atom is 0.511 e. The number of hydrogen-bond donors (Lipinski definition) is 2. The van der Waals surface area contributed by atoms with Crippen molar-refractivity contribution in [1.29, 1.82) is 0 Å². The molecule has 2 heterocycles. The summed E-state index contributed by atoms with van der Waals surface area (Å²) in [4.78, 5) is 8.84. The zero-order chi connectivity index (χ0) is 22.4. The smallest absolute Gasteiger partial charge is 0.357 e. The van der Waals surface area contributed by atoms with E-state index in [1.807, 2.05) is 25.3 Å². The molecule has 7 nitrogen and oxygen atoms in total. The van der Waals surface area contributed by atoms with E-state index < -0.39 is 15.5 Å². The molecule has 0 amide bonds. The van der Waals surface area contributed by atoms with Crippen molar-refractivity contribution in [1.82, 2.24) is 19.9 Å². The van der Waals surface area contributed by atoms with Crippen LogP contribution in [0.4, 0.5) is 13.2 Å². The number of piperidine rings is 1. The molecular formula is C19H30F3N5O2S. The number of hydrogen-bond acceptors (Lipinski definition) is 4. The predicted molar refractivity (Wildman–Crippen MR) is 111 cm³/mol. The maximum absolute atomic E-state index is 12.7. The summed E-state index contributed by atoms with van der Waals surface area (Å²) in [5.41, 5.74) is -4.17. The first-order valence-corrected chi connectivity index (χ1v) is 11.5. The molecule has 1 aromatic heterocycles. The second-order valence-electron chi connectivity index (χ2n) is 7.62. The molecule has 2 N–H and O–H groups in total. The van der Waals surface area contributed by atoms with Crippen LogP contribution >= 0.6 is 0 Å². The summed E-state index contributed by atoms with van der Waals surface area (Å²) >= 11 is 0. The number of nitrogens with zero attached hydrogens (tertiary/aromatic N) is 3. The number of aromatic nitrogens is 1. The molecule has 1 unspecified atom stereocenters. The summed E-state index contributed by atoms with van der Waals surface area (Å²) < 4.78 is 61.8. The molecular weight excluding hydrogens is 419 g/mol. The van der Waals surface area contributed by atoms with E-state index in [-0.39, 0.29) is 37.9 Å². The first-order chi connectivity index (χ1) is 14.1. The normalized spacial score (nSPS) is 18.4. The third-order valence-corrected chi connectivity index (χ3v) is 6.76. The fourth-order valence-corrected chi connectivity index (χ4v) is 4.37. The van der Waals surface area contributed by atoms with Gasteiger partial charge in [0.25, 0.3) is 0 Å². The molecule has 30 heavy (non-hydrogen) atoms. The van der Waals surface area contributed by atoms with E-state index in [4.69, 9.17) is 0 Å². The highest BCUT2D eigenvalue weighted by molar-refractivity contribution is 7.90. The number of halogens is 3. The Morgan fingerprint density at radius 2 is 2.00 bits per heavy atom.